The number of amides is 2. The quantitative estimate of drug-likeness (QED) is 0.319. The maximum atomic E-state index is 15.4. The van der Waals surface area contributed by atoms with Gasteiger partial charge in [0, 0.05) is 29.2 Å². The lowest BCUT2D eigenvalue weighted by Crippen LogP contribution is -2.39. The summed E-state index contributed by atoms with van der Waals surface area (Å²) in [6.45, 7) is 0. The van der Waals surface area contributed by atoms with Crippen molar-refractivity contribution in [2.24, 2.45) is 5.92 Å². The van der Waals surface area contributed by atoms with E-state index in [9.17, 15) is 9.59 Å². The van der Waals surface area contributed by atoms with E-state index in [1.54, 1.807) is 25.4 Å². The molecule has 2 N–H and O–H groups in total. The number of rotatable bonds is 7. The van der Waals surface area contributed by atoms with Crippen molar-refractivity contribution in [2.75, 3.05) is 12.4 Å². The second-order valence-corrected chi connectivity index (χ2v) is 11.1. The number of aromatic amines is 1. The molecule has 7 rings (SSSR count). The Morgan fingerprint density at radius 1 is 1.19 bits per heavy atom. The van der Waals surface area contributed by atoms with Crippen LogP contribution in [0.4, 0.5) is 10.1 Å². The number of anilines is 1. The number of H-pyrrole nitrogens is 1. The summed E-state index contributed by atoms with van der Waals surface area (Å²) in [5.74, 6) is 0.488. The maximum absolute atomic E-state index is 15.4. The second kappa shape index (κ2) is 10.4. The highest BCUT2D eigenvalue weighted by molar-refractivity contribution is 6.31. The van der Waals surface area contributed by atoms with Gasteiger partial charge in [-0.1, -0.05) is 11.6 Å². The Balaban J connectivity index is 1.19. The van der Waals surface area contributed by atoms with Crippen LogP contribution in [0.3, 0.4) is 0 Å². The third kappa shape index (κ3) is 4.61. The maximum Gasteiger partial charge on any atom is 0.247 e. The molecule has 214 valence electrons. The lowest BCUT2D eigenvalue weighted by molar-refractivity contribution is -0.129. The van der Waals surface area contributed by atoms with Crippen molar-refractivity contribution in [3.05, 3.63) is 71.2 Å². The summed E-state index contributed by atoms with van der Waals surface area (Å²) in [4.78, 5) is 35.9. The lowest BCUT2D eigenvalue weighted by atomic mass is 9.92. The van der Waals surface area contributed by atoms with E-state index in [-0.39, 0.29) is 40.4 Å². The van der Waals surface area contributed by atoms with Crippen molar-refractivity contribution < 1.29 is 18.7 Å². The number of aromatic nitrogens is 6. The van der Waals surface area contributed by atoms with Crippen LogP contribution in [-0.4, -0.2) is 60.0 Å². The smallest absolute Gasteiger partial charge is 0.247 e. The second-order valence-electron chi connectivity index (χ2n) is 10.7. The van der Waals surface area contributed by atoms with E-state index in [4.69, 9.17) is 16.3 Å². The number of tetrazole rings is 1. The van der Waals surface area contributed by atoms with E-state index in [1.165, 1.54) is 23.2 Å². The zero-order valence-corrected chi connectivity index (χ0v) is 23.3. The number of methoxy groups -OCH3 is 1. The minimum Gasteiger partial charge on any atom is -0.497 e. The van der Waals surface area contributed by atoms with Crippen LogP contribution in [0.15, 0.2) is 48.9 Å². The molecule has 42 heavy (non-hydrogen) atoms. The van der Waals surface area contributed by atoms with Crippen LogP contribution >= 0.6 is 11.6 Å². The van der Waals surface area contributed by atoms with Crippen LogP contribution < -0.4 is 10.1 Å². The highest BCUT2D eigenvalue weighted by Gasteiger charge is 2.42. The van der Waals surface area contributed by atoms with Gasteiger partial charge in [0.2, 0.25) is 11.8 Å². The number of imidazole rings is 1. The summed E-state index contributed by atoms with van der Waals surface area (Å²) in [6.07, 6.45) is 8.19. The molecule has 2 fully saturated rings. The largest absolute Gasteiger partial charge is 0.497 e. The first kappa shape index (κ1) is 26.3. The van der Waals surface area contributed by atoms with Gasteiger partial charge in [0.15, 0.2) is 5.82 Å². The minimum absolute atomic E-state index is 0.000626. The molecule has 2 aromatic heterocycles. The number of nitrogens with one attached hydrogen (secondary N) is 2. The molecule has 0 unspecified atom stereocenters. The number of halogens is 2. The molecule has 1 saturated carbocycles. The van der Waals surface area contributed by atoms with E-state index in [2.05, 4.69) is 30.8 Å². The SMILES string of the molecule is COc1ccc(NC(=O)C2CC2)c(-c2cnc([C@@H]3CC[C@H]4CC(c5c(-n6cnnn6)ccc(Cl)c5F)=CC(=O)N43)[nH]2)c1. The molecule has 0 radical (unpaired) electrons. The summed E-state index contributed by atoms with van der Waals surface area (Å²) in [6, 6.07) is 8.11. The standard InChI is InChI=1S/C29H26ClFN8O3/c1-42-18-5-7-21(35-29(41)15-2-3-15)19(12-18)22-13-32-28(34-22)24-8-4-17-10-16(11-25(40)39(17)24)26-23(38-14-33-36-37-38)9-6-20(30)27(26)31/h5-7,9,11-15,17,24H,2-4,8,10H2,1H3,(H,32,34)(H,35,41)/t17-,24-/m0/s1. The monoisotopic (exact) mass is 588 g/mol. The Morgan fingerprint density at radius 2 is 2.05 bits per heavy atom. The van der Waals surface area contributed by atoms with E-state index >= 15 is 4.39 Å². The van der Waals surface area contributed by atoms with Gasteiger partial charge in [0.25, 0.3) is 0 Å². The lowest BCUT2D eigenvalue weighted by Gasteiger charge is -2.33. The van der Waals surface area contributed by atoms with E-state index < -0.39 is 5.82 Å². The fourth-order valence-corrected chi connectivity index (χ4v) is 6.07. The Morgan fingerprint density at radius 3 is 2.81 bits per heavy atom. The molecule has 0 bridgehead atoms. The number of fused-ring (bicyclic) bond motifs is 1. The van der Waals surface area contributed by atoms with Crippen molar-refractivity contribution in [2.45, 2.75) is 44.2 Å². The Bertz CT molecular complexity index is 1730. The highest BCUT2D eigenvalue weighted by Crippen LogP contribution is 2.44. The molecule has 1 saturated heterocycles. The van der Waals surface area contributed by atoms with Crippen molar-refractivity contribution in [3.8, 4) is 22.7 Å². The zero-order valence-electron chi connectivity index (χ0n) is 22.6. The predicted molar refractivity (Wildman–Crippen MR) is 151 cm³/mol. The number of benzene rings is 2. The highest BCUT2D eigenvalue weighted by atomic mass is 35.5. The molecular weight excluding hydrogens is 563 g/mol. The van der Waals surface area contributed by atoms with Crippen molar-refractivity contribution in [1.29, 1.82) is 0 Å². The third-order valence-electron chi connectivity index (χ3n) is 8.13. The Hall–Kier alpha value is -4.58. The summed E-state index contributed by atoms with van der Waals surface area (Å²) in [7, 11) is 1.59. The van der Waals surface area contributed by atoms with Gasteiger partial charge in [-0.15, -0.1) is 5.10 Å². The molecule has 0 spiro atoms. The number of nitrogens with zero attached hydrogens (tertiary/aromatic N) is 6. The molecule has 3 aliphatic rings. The Kier molecular flexibility index (Phi) is 6.49. The molecule has 2 aliphatic heterocycles. The van der Waals surface area contributed by atoms with Crippen molar-refractivity contribution in [3.63, 3.8) is 0 Å². The number of ether oxygens (including phenoxy) is 1. The molecule has 11 nitrogen and oxygen atoms in total. The van der Waals surface area contributed by atoms with E-state index in [1.807, 2.05) is 17.0 Å². The normalized spacial score (nSPS) is 19.9. The number of hydrogen-bond acceptors (Lipinski definition) is 7. The molecule has 4 aromatic rings. The summed E-state index contributed by atoms with van der Waals surface area (Å²) < 4.78 is 22.2. The summed E-state index contributed by atoms with van der Waals surface area (Å²) >= 11 is 6.14. The molecule has 13 heteroatoms. The summed E-state index contributed by atoms with van der Waals surface area (Å²) in [5, 5.41) is 14.2. The number of carbonyl (C=O) groups excluding carboxylic acids is 2. The van der Waals surface area contributed by atoms with Crippen LogP contribution in [0, 0.1) is 11.7 Å². The van der Waals surface area contributed by atoms with Gasteiger partial charge in [0.05, 0.1) is 41.4 Å². The van der Waals surface area contributed by atoms with Crippen LogP contribution in [0.5, 0.6) is 5.75 Å². The van der Waals surface area contributed by atoms with E-state index in [0.29, 0.717) is 53.5 Å². The minimum atomic E-state index is -0.620. The average Bonchev–Trinajstić information content (AvgIpc) is 3.35. The first-order chi connectivity index (χ1) is 20.4. The molecule has 2 aromatic carbocycles. The van der Waals surface area contributed by atoms with Gasteiger partial charge in [-0.25, -0.2) is 9.37 Å². The molecule has 4 heterocycles. The molecule has 2 atom stereocenters. The topological polar surface area (TPSA) is 131 Å². The van der Waals surface area contributed by atoms with Gasteiger partial charge in [-0.3, -0.25) is 9.59 Å². The van der Waals surface area contributed by atoms with Crippen LogP contribution in [-0.2, 0) is 9.59 Å². The number of hydrogen-bond donors (Lipinski definition) is 2. The Labute approximate surface area is 244 Å². The van der Waals surface area contributed by atoms with Crippen molar-refractivity contribution >= 4 is 34.7 Å². The molecular formula is C29H26ClFN8O3. The first-order valence-corrected chi connectivity index (χ1v) is 14.1. The van der Waals surface area contributed by atoms with Gasteiger partial charge >= 0.3 is 0 Å². The summed E-state index contributed by atoms with van der Waals surface area (Å²) in [5.41, 5.74) is 3.27. The van der Waals surface area contributed by atoms with Gasteiger partial charge in [-0.05, 0) is 78.4 Å². The third-order valence-corrected chi connectivity index (χ3v) is 8.43. The van der Waals surface area contributed by atoms with Gasteiger partial charge < -0.3 is 19.9 Å². The van der Waals surface area contributed by atoms with Crippen molar-refractivity contribution in [1.82, 2.24) is 35.1 Å². The van der Waals surface area contributed by atoms with Gasteiger partial charge in [0.1, 0.15) is 17.9 Å². The van der Waals surface area contributed by atoms with Crippen LogP contribution in [0.2, 0.25) is 5.02 Å². The first-order valence-electron chi connectivity index (χ1n) is 13.7. The zero-order chi connectivity index (χ0) is 29.0. The number of carbonyl (C=O) groups is 2. The average molecular weight is 589 g/mol. The van der Waals surface area contributed by atoms with Crippen LogP contribution in [0.1, 0.15) is 49.5 Å². The fourth-order valence-electron chi connectivity index (χ4n) is 5.91. The molecule has 1 aliphatic carbocycles. The van der Waals surface area contributed by atoms with Crippen LogP contribution in [0.25, 0.3) is 22.5 Å². The fraction of sp³-hybridized carbons (Fsp3) is 0.310. The van der Waals surface area contributed by atoms with Gasteiger partial charge in [-0.2, -0.15) is 4.68 Å². The molecule has 2 amide bonds. The predicted octanol–water partition coefficient (Wildman–Crippen LogP) is 4.72. The van der Waals surface area contributed by atoms with E-state index in [0.717, 1.165) is 18.4 Å².